The van der Waals surface area contributed by atoms with Crippen LogP contribution in [0.5, 0.6) is 5.75 Å². The fraction of sp³-hybridized carbons (Fsp3) is 0.125. The molecule has 162 valence electrons. The molecule has 0 aliphatic rings. The second-order valence-electron chi connectivity index (χ2n) is 6.93. The molecule has 2 N–H and O–H groups in total. The third-order valence-electron chi connectivity index (χ3n) is 4.86. The minimum atomic E-state index is -0.554. The Morgan fingerprint density at radius 3 is 2.53 bits per heavy atom. The number of anilines is 1. The summed E-state index contributed by atoms with van der Waals surface area (Å²) in [5, 5.41) is 11.9. The van der Waals surface area contributed by atoms with E-state index in [0.29, 0.717) is 28.1 Å². The number of esters is 1. The number of methoxy groups -OCH3 is 2. The Morgan fingerprint density at radius 2 is 1.81 bits per heavy atom. The van der Waals surface area contributed by atoms with Crippen molar-refractivity contribution in [2.75, 3.05) is 19.5 Å². The zero-order chi connectivity index (χ0) is 22.7. The Labute approximate surface area is 187 Å². The minimum Gasteiger partial charge on any atom is -0.493 e. The van der Waals surface area contributed by atoms with Crippen LogP contribution in [0.3, 0.4) is 0 Å². The Kier molecular flexibility index (Phi) is 6.04. The average Bonchev–Trinajstić information content (AvgIpc) is 3.20. The summed E-state index contributed by atoms with van der Waals surface area (Å²) < 4.78 is 15.7. The van der Waals surface area contributed by atoms with E-state index >= 15 is 0 Å². The number of carbonyl (C=O) groups excluding carboxylic acids is 2. The number of rotatable bonds is 6. The number of hydrogen-bond donors (Lipinski definition) is 2. The van der Waals surface area contributed by atoms with E-state index in [0.717, 1.165) is 10.4 Å². The quantitative estimate of drug-likeness (QED) is 0.420. The van der Waals surface area contributed by atoms with Crippen molar-refractivity contribution in [3.05, 3.63) is 87.8 Å². The third-order valence-corrected chi connectivity index (χ3v) is 5.91. The molecule has 4 rings (SSSR count). The van der Waals surface area contributed by atoms with Crippen molar-refractivity contribution in [3.8, 4) is 5.75 Å². The van der Waals surface area contributed by atoms with Gasteiger partial charge in [-0.25, -0.2) is 4.79 Å². The number of ether oxygens (including phenoxy) is 2. The van der Waals surface area contributed by atoms with Gasteiger partial charge in [0, 0.05) is 16.7 Å². The summed E-state index contributed by atoms with van der Waals surface area (Å²) in [5.74, 6) is -0.628. The first kappa shape index (κ1) is 21.3. The number of benzene rings is 2. The van der Waals surface area contributed by atoms with E-state index < -0.39 is 11.9 Å². The van der Waals surface area contributed by atoms with Gasteiger partial charge in [-0.2, -0.15) is 0 Å². The summed E-state index contributed by atoms with van der Waals surface area (Å²) >= 11 is 1.29. The topological polar surface area (TPSA) is 102 Å². The van der Waals surface area contributed by atoms with Crippen molar-refractivity contribution in [2.24, 2.45) is 0 Å². The van der Waals surface area contributed by atoms with Crippen LogP contribution in [0.15, 0.2) is 65.1 Å². The van der Waals surface area contributed by atoms with Crippen LogP contribution in [0.25, 0.3) is 11.0 Å². The molecule has 0 bridgehead atoms. The van der Waals surface area contributed by atoms with Gasteiger partial charge >= 0.3 is 5.97 Å². The normalized spacial score (nSPS) is 10.7. The standard InChI is InChI=1S/C24H20N2O5S/c1-29-19-10-6-9-15-12-17(21(25)31-20(15)19)22(27)26-23-18(24(28)30-2)13-16(32-23)11-14-7-4-3-5-8-14/h3-10,12-13,25H,11H2,1-2H3,(H,26,27). The van der Waals surface area contributed by atoms with Crippen molar-refractivity contribution in [2.45, 2.75) is 6.42 Å². The maximum atomic E-state index is 13.0. The highest BCUT2D eigenvalue weighted by Gasteiger charge is 2.21. The fourth-order valence-electron chi connectivity index (χ4n) is 3.31. The number of thiophene rings is 1. The summed E-state index contributed by atoms with van der Waals surface area (Å²) in [7, 11) is 2.80. The zero-order valence-electron chi connectivity index (χ0n) is 17.4. The van der Waals surface area contributed by atoms with Gasteiger partial charge in [-0.05, 0) is 23.8 Å². The molecule has 0 aliphatic carbocycles. The molecule has 0 radical (unpaired) electrons. The monoisotopic (exact) mass is 448 g/mol. The Bertz CT molecular complexity index is 1360. The van der Waals surface area contributed by atoms with Crippen LogP contribution in [0.1, 0.15) is 31.2 Å². The largest absolute Gasteiger partial charge is 0.493 e. The third kappa shape index (κ3) is 4.26. The molecule has 0 spiro atoms. The molecule has 0 unspecified atom stereocenters. The van der Waals surface area contributed by atoms with E-state index in [1.807, 2.05) is 30.3 Å². The first-order valence-corrected chi connectivity index (χ1v) is 10.5. The molecule has 0 saturated carbocycles. The molecule has 7 nitrogen and oxygen atoms in total. The lowest BCUT2D eigenvalue weighted by atomic mass is 10.1. The van der Waals surface area contributed by atoms with Crippen molar-refractivity contribution >= 4 is 39.2 Å². The van der Waals surface area contributed by atoms with Gasteiger partial charge in [0.25, 0.3) is 5.91 Å². The molecule has 2 aromatic heterocycles. The molecule has 0 atom stereocenters. The predicted molar refractivity (Wildman–Crippen MR) is 121 cm³/mol. The number of nitrogens with one attached hydrogen (secondary N) is 2. The van der Waals surface area contributed by atoms with Crippen LogP contribution in [0, 0.1) is 5.41 Å². The highest BCUT2D eigenvalue weighted by molar-refractivity contribution is 7.16. The van der Waals surface area contributed by atoms with Crippen LogP contribution >= 0.6 is 11.3 Å². The number of hydrogen-bond acceptors (Lipinski definition) is 7. The van der Waals surface area contributed by atoms with Gasteiger partial charge in [-0.1, -0.05) is 42.5 Å². The van der Waals surface area contributed by atoms with Crippen LogP contribution in [0.2, 0.25) is 0 Å². The second-order valence-corrected chi connectivity index (χ2v) is 8.07. The fourth-order valence-corrected chi connectivity index (χ4v) is 4.39. The lowest BCUT2D eigenvalue weighted by Crippen LogP contribution is -2.21. The lowest BCUT2D eigenvalue weighted by Gasteiger charge is -2.08. The van der Waals surface area contributed by atoms with E-state index in [1.54, 1.807) is 30.3 Å². The van der Waals surface area contributed by atoms with E-state index in [2.05, 4.69) is 5.32 Å². The summed E-state index contributed by atoms with van der Waals surface area (Å²) in [6.45, 7) is 0. The van der Waals surface area contributed by atoms with Crippen LogP contribution < -0.4 is 15.6 Å². The Morgan fingerprint density at radius 1 is 1.03 bits per heavy atom. The van der Waals surface area contributed by atoms with Crippen molar-refractivity contribution < 1.29 is 23.5 Å². The molecular formula is C24H20N2O5S. The molecule has 0 fully saturated rings. The van der Waals surface area contributed by atoms with Crippen LogP contribution in [-0.2, 0) is 11.2 Å². The van der Waals surface area contributed by atoms with E-state index in [-0.39, 0.29) is 16.7 Å². The first-order valence-electron chi connectivity index (χ1n) is 9.72. The van der Waals surface area contributed by atoms with Gasteiger partial charge in [0.2, 0.25) is 5.55 Å². The maximum Gasteiger partial charge on any atom is 0.340 e. The van der Waals surface area contributed by atoms with E-state index in [4.69, 9.17) is 19.3 Å². The van der Waals surface area contributed by atoms with Gasteiger partial charge in [0.15, 0.2) is 11.3 Å². The van der Waals surface area contributed by atoms with Crippen molar-refractivity contribution in [3.63, 3.8) is 0 Å². The number of carbonyl (C=O) groups is 2. The van der Waals surface area contributed by atoms with Crippen molar-refractivity contribution in [1.82, 2.24) is 0 Å². The molecule has 0 saturated heterocycles. The van der Waals surface area contributed by atoms with E-state index in [9.17, 15) is 9.59 Å². The molecule has 8 heteroatoms. The van der Waals surface area contributed by atoms with Gasteiger partial charge in [-0.15, -0.1) is 11.3 Å². The van der Waals surface area contributed by atoms with Gasteiger partial charge in [-0.3, -0.25) is 10.2 Å². The molecule has 32 heavy (non-hydrogen) atoms. The summed E-state index contributed by atoms with van der Waals surface area (Å²) in [5.41, 5.74) is 1.47. The molecule has 4 aromatic rings. The minimum absolute atomic E-state index is 0.0413. The molecule has 0 aliphatic heterocycles. The SMILES string of the molecule is COC(=O)c1cc(Cc2ccccc2)sc1NC(=O)c1cc2cccc(OC)c2oc1=N. The Balaban J connectivity index is 1.67. The highest BCUT2D eigenvalue weighted by atomic mass is 32.1. The van der Waals surface area contributed by atoms with Gasteiger partial charge in [0.1, 0.15) is 10.6 Å². The molecule has 1 amide bonds. The Hall–Kier alpha value is -3.91. The highest BCUT2D eigenvalue weighted by Crippen LogP contribution is 2.31. The van der Waals surface area contributed by atoms with Crippen LogP contribution in [0.4, 0.5) is 5.00 Å². The summed E-state index contributed by atoms with van der Waals surface area (Å²) in [6, 6.07) is 18.3. The summed E-state index contributed by atoms with van der Waals surface area (Å²) in [4.78, 5) is 26.2. The molecule has 2 aromatic carbocycles. The predicted octanol–water partition coefficient (Wildman–Crippen LogP) is 4.61. The van der Waals surface area contributed by atoms with E-state index in [1.165, 1.54) is 25.6 Å². The van der Waals surface area contributed by atoms with Crippen molar-refractivity contribution in [1.29, 1.82) is 5.41 Å². The van der Waals surface area contributed by atoms with Gasteiger partial charge in [0.05, 0.1) is 19.8 Å². The maximum absolute atomic E-state index is 13.0. The van der Waals surface area contributed by atoms with Gasteiger partial charge < -0.3 is 19.2 Å². The summed E-state index contributed by atoms with van der Waals surface area (Å²) in [6.07, 6.45) is 0.611. The zero-order valence-corrected chi connectivity index (χ0v) is 18.2. The molecular weight excluding hydrogens is 428 g/mol. The smallest absolute Gasteiger partial charge is 0.340 e. The number of fused-ring (bicyclic) bond motifs is 1. The number of para-hydroxylation sites is 1. The average molecular weight is 449 g/mol. The van der Waals surface area contributed by atoms with Crippen LogP contribution in [-0.4, -0.2) is 26.1 Å². The molecule has 2 heterocycles. The second kappa shape index (κ2) is 9.07. The first-order chi connectivity index (χ1) is 15.5. The lowest BCUT2D eigenvalue weighted by molar-refractivity contribution is 0.0602. The number of amides is 1.